The second kappa shape index (κ2) is 5.80. The van der Waals surface area contributed by atoms with Crippen molar-refractivity contribution in [3.05, 3.63) is 47.8 Å². The summed E-state index contributed by atoms with van der Waals surface area (Å²) in [4.78, 5) is 16.2. The normalized spacial score (nSPS) is 24.3. The second-order valence-electron chi connectivity index (χ2n) is 6.05. The number of nitrogens with zero attached hydrogens (tertiary/aromatic N) is 2. The molecule has 2 atom stereocenters. The lowest BCUT2D eigenvalue weighted by atomic mass is 9.94. The number of hydrogen-bond acceptors (Lipinski definition) is 3. The van der Waals surface area contributed by atoms with Gasteiger partial charge in [0, 0.05) is 35.8 Å². The molecule has 4 nitrogen and oxygen atoms in total. The van der Waals surface area contributed by atoms with Gasteiger partial charge in [-0.2, -0.15) is 5.10 Å². The summed E-state index contributed by atoms with van der Waals surface area (Å²) in [6.45, 7) is 1.70. The average molecular weight is 313 g/mol. The van der Waals surface area contributed by atoms with Gasteiger partial charge in [-0.1, -0.05) is 18.2 Å². The third-order valence-corrected chi connectivity index (χ3v) is 5.92. The van der Waals surface area contributed by atoms with Gasteiger partial charge in [0.2, 0.25) is 5.91 Å². The van der Waals surface area contributed by atoms with Crippen LogP contribution in [0.15, 0.2) is 41.4 Å². The zero-order chi connectivity index (χ0) is 14.9. The lowest BCUT2D eigenvalue weighted by Gasteiger charge is -2.33. The smallest absolute Gasteiger partial charge is 0.236 e. The fraction of sp³-hybridized carbons (Fsp3) is 0.412. The number of H-pyrrole nitrogens is 1. The molecule has 2 aliphatic rings. The average Bonchev–Trinajstić information content (AvgIpc) is 3.23. The molecule has 5 heteroatoms. The zero-order valence-corrected chi connectivity index (χ0v) is 13.2. The number of amides is 1. The van der Waals surface area contributed by atoms with Crippen molar-refractivity contribution in [2.75, 3.05) is 13.1 Å². The molecular weight excluding hydrogens is 294 g/mol. The molecule has 1 amide bonds. The molecule has 0 radical (unpaired) electrons. The number of thioether (sulfide) groups is 1. The Morgan fingerprint density at radius 1 is 1.32 bits per heavy atom. The van der Waals surface area contributed by atoms with Crippen LogP contribution in [0, 0.1) is 0 Å². The van der Waals surface area contributed by atoms with Gasteiger partial charge in [-0.3, -0.25) is 9.89 Å². The predicted octanol–water partition coefficient (Wildman–Crippen LogP) is 2.83. The van der Waals surface area contributed by atoms with E-state index in [1.807, 2.05) is 12.1 Å². The van der Waals surface area contributed by atoms with Gasteiger partial charge < -0.3 is 4.90 Å². The minimum atomic E-state index is 0.0536. The third kappa shape index (κ3) is 2.54. The number of piperidine rings is 1. The van der Waals surface area contributed by atoms with E-state index in [0.717, 1.165) is 38.0 Å². The van der Waals surface area contributed by atoms with Crippen molar-refractivity contribution in [1.82, 2.24) is 15.1 Å². The fourth-order valence-corrected chi connectivity index (χ4v) is 4.73. The summed E-state index contributed by atoms with van der Waals surface area (Å²) in [5, 5.41) is 7.15. The number of carbonyl (C=O) groups is 1. The second-order valence-corrected chi connectivity index (χ2v) is 7.30. The maximum Gasteiger partial charge on any atom is 0.236 e. The fourth-order valence-electron chi connectivity index (χ4n) is 3.45. The first-order valence-electron chi connectivity index (χ1n) is 7.84. The Labute approximate surface area is 134 Å². The molecular formula is C17H19N3OS. The highest BCUT2D eigenvalue weighted by molar-refractivity contribution is 8.01. The van der Waals surface area contributed by atoms with Gasteiger partial charge >= 0.3 is 0 Å². The first-order valence-corrected chi connectivity index (χ1v) is 8.72. The van der Waals surface area contributed by atoms with Gasteiger partial charge in [0.15, 0.2) is 0 Å². The van der Waals surface area contributed by atoms with E-state index in [0.29, 0.717) is 11.8 Å². The van der Waals surface area contributed by atoms with E-state index in [1.54, 1.807) is 18.0 Å². The standard InChI is InChI=1S/C17H19N3OS/c21-17(16-10-12-4-1-2-6-15(12)22-16)20-9-3-5-13(11-20)14-7-8-18-19-14/h1-2,4,6-8,13,16H,3,5,9-11H2,(H,18,19)/t13-,16-/m1/s1. The molecule has 0 saturated carbocycles. The number of aromatic amines is 1. The molecule has 2 aromatic rings. The SMILES string of the molecule is O=C([C@H]1Cc2ccccc2S1)N1CCC[C@@H](c2ccn[nH]2)C1. The number of benzene rings is 1. The Bertz CT molecular complexity index is 645. The number of rotatable bonds is 2. The Morgan fingerprint density at radius 2 is 2.23 bits per heavy atom. The van der Waals surface area contributed by atoms with E-state index in [1.165, 1.54) is 10.5 Å². The zero-order valence-electron chi connectivity index (χ0n) is 12.4. The monoisotopic (exact) mass is 313 g/mol. The molecule has 0 bridgehead atoms. The first-order chi connectivity index (χ1) is 10.8. The van der Waals surface area contributed by atoms with Crippen LogP contribution in [-0.2, 0) is 11.2 Å². The number of nitrogens with one attached hydrogen (secondary N) is 1. The van der Waals surface area contributed by atoms with Crippen molar-refractivity contribution in [1.29, 1.82) is 0 Å². The molecule has 2 aliphatic heterocycles. The molecule has 0 aliphatic carbocycles. The largest absolute Gasteiger partial charge is 0.341 e. The van der Waals surface area contributed by atoms with Crippen LogP contribution >= 0.6 is 11.8 Å². The highest BCUT2D eigenvalue weighted by Crippen LogP contribution is 2.38. The highest BCUT2D eigenvalue weighted by Gasteiger charge is 2.34. The van der Waals surface area contributed by atoms with E-state index in [4.69, 9.17) is 0 Å². The van der Waals surface area contributed by atoms with Crippen molar-refractivity contribution in [3.8, 4) is 0 Å². The van der Waals surface area contributed by atoms with E-state index in [9.17, 15) is 4.79 Å². The number of hydrogen-bond donors (Lipinski definition) is 1. The van der Waals surface area contributed by atoms with Crippen LogP contribution in [0.5, 0.6) is 0 Å². The minimum absolute atomic E-state index is 0.0536. The summed E-state index contributed by atoms with van der Waals surface area (Å²) in [5.41, 5.74) is 2.47. The number of aromatic nitrogens is 2. The summed E-state index contributed by atoms with van der Waals surface area (Å²) < 4.78 is 0. The van der Waals surface area contributed by atoms with E-state index >= 15 is 0 Å². The van der Waals surface area contributed by atoms with Gasteiger partial charge in [-0.05, 0) is 37.0 Å². The predicted molar refractivity (Wildman–Crippen MR) is 86.9 cm³/mol. The highest BCUT2D eigenvalue weighted by atomic mass is 32.2. The van der Waals surface area contributed by atoms with Gasteiger partial charge in [0.25, 0.3) is 0 Å². The minimum Gasteiger partial charge on any atom is -0.341 e. The van der Waals surface area contributed by atoms with Crippen molar-refractivity contribution in [2.45, 2.75) is 35.3 Å². The van der Waals surface area contributed by atoms with Crippen molar-refractivity contribution in [2.24, 2.45) is 0 Å². The maximum atomic E-state index is 12.9. The molecule has 4 rings (SSSR count). The quantitative estimate of drug-likeness (QED) is 0.927. The molecule has 0 spiro atoms. The number of likely N-dealkylation sites (tertiary alicyclic amines) is 1. The lowest BCUT2D eigenvalue weighted by Crippen LogP contribution is -2.43. The van der Waals surface area contributed by atoms with Gasteiger partial charge in [-0.15, -0.1) is 11.8 Å². The Hall–Kier alpha value is -1.75. The maximum absolute atomic E-state index is 12.9. The summed E-state index contributed by atoms with van der Waals surface area (Å²) in [6, 6.07) is 10.4. The summed E-state index contributed by atoms with van der Waals surface area (Å²) in [6.07, 6.45) is 4.86. The third-order valence-electron chi connectivity index (χ3n) is 4.62. The van der Waals surface area contributed by atoms with E-state index in [2.05, 4.69) is 33.3 Å². The van der Waals surface area contributed by atoms with Crippen molar-refractivity contribution >= 4 is 17.7 Å². The molecule has 1 fully saturated rings. The van der Waals surface area contributed by atoms with Gasteiger partial charge in [-0.25, -0.2) is 0 Å². The first kappa shape index (κ1) is 13.9. The van der Waals surface area contributed by atoms with E-state index in [-0.39, 0.29) is 5.25 Å². The number of fused-ring (bicyclic) bond motifs is 1. The molecule has 114 valence electrons. The summed E-state index contributed by atoms with van der Waals surface area (Å²) in [7, 11) is 0. The Kier molecular flexibility index (Phi) is 3.66. The molecule has 0 unspecified atom stereocenters. The van der Waals surface area contributed by atoms with Crippen LogP contribution in [0.3, 0.4) is 0 Å². The number of carbonyl (C=O) groups excluding carboxylic acids is 1. The van der Waals surface area contributed by atoms with Gasteiger partial charge in [0.05, 0.1) is 5.25 Å². The van der Waals surface area contributed by atoms with Crippen molar-refractivity contribution in [3.63, 3.8) is 0 Å². The lowest BCUT2D eigenvalue weighted by molar-refractivity contribution is -0.131. The Balaban J connectivity index is 1.45. The summed E-state index contributed by atoms with van der Waals surface area (Å²) in [5.74, 6) is 0.694. The van der Waals surface area contributed by atoms with Gasteiger partial charge in [0.1, 0.15) is 0 Å². The van der Waals surface area contributed by atoms with Crippen LogP contribution in [0.25, 0.3) is 0 Å². The molecule has 1 N–H and O–H groups in total. The van der Waals surface area contributed by atoms with Crippen LogP contribution in [0.2, 0.25) is 0 Å². The van der Waals surface area contributed by atoms with Crippen LogP contribution < -0.4 is 0 Å². The van der Waals surface area contributed by atoms with Crippen LogP contribution in [0.4, 0.5) is 0 Å². The molecule has 1 aromatic carbocycles. The molecule has 3 heterocycles. The Morgan fingerprint density at radius 3 is 3.05 bits per heavy atom. The molecule has 1 saturated heterocycles. The summed E-state index contributed by atoms with van der Waals surface area (Å²) >= 11 is 1.73. The van der Waals surface area contributed by atoms with Crippen molar-refractivity contribution < 1.29 is 4.79 Å². The van der Waals surface area contributed by atoms with Crippen LogP contribution in [0.1, 0.15) is 30.0 Å². The molecule has 1 aromatic heterocycles. The topological polar surface area (TPSA) is 49.0 Å². The van der Waals surface area contributed by atoms with Crippen LogP contribution in [-0.4, -0.2) is 39.3 Å². The van der Waals surface area contributed by atoms with E-state index < -0.39 is 0 Å². The molecule has 22 heavy (non-hydrogen) atoms.